The zero-order valence-electron chi connectivity index (χ0n) is 17.3. The van der Waals surface area contributed by atoms with Gasteiger partial charge in [-0.3, -0.25) is 9.59 Å². The van der Waals surface area contributed by atoms with Crippen LogP contribution in [0.1, 0.15) is 17.5 Å². The number of amides is 2. The maximum atomic E-state index is 13.5. The van der Waals surface area contributed by atoms with Crippen LogP contribution in [-0.4, -0.2) is 30.6 Å². The van der Waals surface area contributed by atoms with Gasteiger partial charge in [0.15, 0.2) is 0 Å². The summed E-state index contributed by atoms with van der Waals surface area (Å²) in [6.07, 6.45) is -0.278. The summed E-state index contributed by atoms with van der Waals surface area (Å²) in [4.78, 5) is 27.1. The fourth-order valence-corrected chi connectivity index (χ4v) is 5.26. The maximum absolute atomic E-state index is 13.5. The molecule has 0 aromatic heterocycles. The van der Waals surface area contributed by atoms with Gasteiger partial charge < -0.3 is 0 Å². The summed E-state index contributed by atoms with van der Waals surface area (Å²) in [5, 5.41) is 0. The Morgan fingerprint density at radius 1 is 0.938 bits per heavy atom. The van der Waals surface area contributed by atoms with Crippen LogP contribution >= 0.6 is 0 Å². The molecule has 0 bridgehead atoms. The molecule has 1 aliphatic rings. The number of anilines is 1. The second kappa shape index (κ2) is 8.64. The highest BCUT2D eigenvalue weighted by Gasteiger charge is 2.46. The highest BCUT2D eigenvalue weighted by atomic mass is 32.2. The minimum atomic E-state index is -4.12. The van der Waals surface area contributed by atoms with E-state index in [0.29, 0.717) is 11.3 Å². The van der Waals surface area contributed by atoms with Crippen molar-refractivity contribution >= 4 is 27.5 Å². The molecular formula is C24H21FN2O4S. The molecular weight excluding hydrogens is 431 g/mol. The van der Waals surface area contributed by atoms with E-state index in [1.807, 2.05) is 6.92 Å². The van der Waals surface area contributed by atoms with Crippen LogP contribution in [-0.2, 0) is 26.2 Å². The highest BCUT2D eigenvalue weighted by Crippen LogP contribution is 2.30. The molecule has 32 heavy (non-hydrogen) atoms. The Kier molecular flexibility index (Phi) is 5.90. The molecule has 1 atom stereocenters. The Balaban J connectivity index is 1.74. The topological polar surface area (TPSA) is 74.8 Å². The second-order valence-corrected chi connectivity index (χ2v) is 9.50. The molecule has 6 nitrogen and oxygen atoms in total. The number of rotatable bonds is 6. The van der Waals surface area contributed by atoms with Crippen LogP contribution in [0.4, 0.5) is 10.1 Å². The van der Waals surface area contributed by atoms with Gasteiger partial charge in [0.25, 0.3) is 5.91 Å². The van der Waals surface area contributed by atoms with E-state index in [-0.39, 0.29) is 17.9 Å². The standard InChI is InChI=1S/C24H21FN2O4S/c1-17-7-13-20(14-8-17)27-23(28)15-22(24(27)29)26(16-18-9-11-19(25)12-10-18)32(30,31)21-5-3-2-4-6-21/h2-14,22H,15-16H2,1H3. The van der Waals surface area contributed by atoms with Gasteiger partial charge in [0, 0.05) is 6.54 Å². The predicted molar refractivity (Wildman–Crippen MR) is 118 cm³/mol. The van der Waals surface area contributed by atoms with Crippen LogP contribution in [0.2, 0.25) is 0 Å². The number of imide groups is 1. The van der Waals surface area contributed by atoms with E-state index in [2.05, 4.69) is 0 Å². The van der Waals surface area contributed by atoms with Crippen LogP contribution in [0.25, 0.3) is 0 Å². The lowest BCUT2D eigenvalue weighted by atomic mass is 10.2. The van der Waals surface area contributed by atoms with Crippen molar-refractivity contribution in [3.05, 3.63) is 95.8 Å². The number of sulfonamides is 1. The van der Waals surface area contributed by atoms with Crippen molar-refractivity contribution in [3.63, 3.8) is 0 Å². The third-order valence-electron chi connectivity index (χ3n) is 5.36. The first-order valence-corrected chi connectivity index (χ1v) is 11.5. The van der Waals surface area contributed by atoms with E-state index in [9.17, 15) is 22.4 Å². The van der Waals surface area contributed by atoms with Crippen LogP contribution in [0, 0.1) is 12.7 Å². The van der Waals surface area contributed by atoms with Gasteiger partial charge in [0.05, 0.1) is 17.0 Å². The summed E-state index contributed by atoms with van der Waals surface area (Å²) < 4.78 is 41.4. The van der Waals surface area contributed by atoms with E-state index in [0.717, 1.165) is 14.8 Å². The Labute approximate surface area is 185 Å². The molecule has 1 heterocycles. The van der Waals surface area contributed by atoms with Crippen molar-refractivity contribution in [3.8, 4) is 0 Å². The van der Waals surface area contributed by atoms with Gasteiger partial charge in [-0.1, -0.05) is 48.0 Å². The van der Waals surface area contributed by atoms with Crippen molar-refractivity contribution in [2.75, 3.05) is 4.90 Å². The third-order valence-corrected chi connectivity index (χ3v) is 7.23. The van der Waals surface area contributed by atoms with Gasteiger partial charge in [-0.15, -0.1) is 0 Å². The lowest BCUT2D eigenvalue weighted by Crippen LogP contribution is -2.45. The zero-order chi connectivity index (χ0) is 22.9. The number of halogens is 1. The van der Waals surface area contributed by atoms with Gasteiger partial charge in [-0.05, 0) is 48.9 Å². The van der Waals surface area contributed by atoms with Crippen molar-refractivity contribution in [1.29, 1.82) is 0 Å². The zero-order valence-corrected chi connectivity index (χ0v) is 18.1. The lowest BCUT2D eigenvalue weighted by Gasteiger charge is -2.27. The number of hydrogen-bond acceptors (Lipinski definition) is 4. The van der Waals surface area contributed by atoms with Gasteiger partial charge >= 0.3 is 0 Å². The highest BCUT2D eigenvalue weighted by molar-refractivity contribution is 7.89. The smallest absolute Gasteiger partial charge is 0.252 e. The van der Waals surface area contributed by atoms with Crippen molar-refractivity contribution < 1.29 is 22.4 Å². The lowest BCUT2D eigenvalue weighted by molar-refractivity contribution is -0.122. The average Bonchev–Trinajstić information content (AvgIpc) is 3.08. The number of benzene rings is 3. The average molecular weight is 453 g/mol. The summed E-state index contributed by atoms with van der Waals surface area (Å²) in [5.74, 6) is -1.54. The van der Waals surface area contributed by atoms with Crippen LogP contribution in [0.5, 0.6) is 0 Å². The number of carbonyl (C=O) groups is 2. The first-order chi connectivity index (χ1) is 15.3. The molecule has 0 saturated carbocycles. The minimum Gasteiger partial charge on any atom is -0.274 e. The van der Waals surface area contributed by atoms with E-state index in [4.69, 9.17) is 0 Å². The largest absolute Gasteiger partial charge is 0.274 e. The van der Waals surface area contributed by atoms with Crippen molar-refractivity contribution in [2.24, 2.45) is 0 Å². The van der Waals surface area contributed by atoms with Crippen LogP contribution < -0.4 is 4.90 Å². The number of carbonyl (C=O) groups excluding carboxylic acids is 2. The first-order valence-electron chi connectivity index (χ1n) is 10.0. The molecule has 0 radical (unpaired) electrons. The minimum absolute atomic E-state index is 0.0103. The molecule has 2 amide bonds. The second-order valence-electron chi connectivity index (χ2n) is 7.61. The van der Waals surface area contributed by atoms with E-state index >= 15 is 0 Å². The number of hydrogen-bond donors (Lipinski definition) is 0. The monoisotopic (exact) mass is 452 g/mol. The van der Waals surface area contributed by atoms with E-state index in [1.165, 1.54) is 36.4 Å². The summed E-state index contributed by atoms with van der Waals surface area (Å²) in [7, 11) is -4.12. The van der Waals surface area contributed by atoms with Gasteiger partial charge in [-0.25, -0.2) is 17.7 Å². The van der Waals surface area contributed by atoms with E-state index in [1.54, 1.807) is 42.5 Å². The maximum Gasteiger partial charge on any atom is 0.252 e. The normalized spacial score (nSPS) is 16.7. The Bertz CT molecular complexity index is 1240. The molecule has 3 aromatic carbocycles. The molecule has 0 spiro atoms. The summed E-state index contributed by atoms with van der Waals surface area (Å²) in [6.45, 7) is 1.71. The fourth-order valence-electron chi connectivity index (χ4n) is 3.67. The van der Waals surface area contributed by atoms with Gasteiger partial charge in [0.1, 0.15) is 11.9 Å². The third kappa shape index (κ3) is 4.19. The fraction of sp³-hybridized carbons (Fsp3) is 0.167. The molecule has 8 heteroatoms. The predicted octanol–water partition coefficient (Wildman–Crippen LogP) is 3.66. The Morgan fingerprint density at radius 2 is 1.56 bits per heavy atom. The number of aryl methyl sites for hydroxylation is 1. The number of nitrogens with zero attached hydrogens (tertiary/aromatic N) is 2. The SMILES string of the molecule is Cc1ccc(N2C(=O)CC(N(Cc3ccc(F)cc3)S(=O)(=O)c3ccccc3)C2=O)cc1. The van der Waals surface area contributed by atoms with Gasteiger partial charge in [0.2, 0.25) is 15.9 Å². The van der Waals surface area contributed by atoms with Crippen molar-refractivity contribution in [1.82, 2.24) is 4.31 Å². The molecule has 4 rings (SSSR count). The summed E-state index contributed by atoms with van der Waals surface area (Å²) in [6, 6.07) is 18.8. The molecule has 1 saturated heterocycles. The first kappa shape index (κ1) is 21.9. The van der Waals surface area contributed by atoms with Crippen molar-refractivity contribution in [2.45, 2.75) is 30.8 Å². The Hall–Kier alpha value is -3.36. The molecule has 0 N–H and O–H groups in total. The Morgan fingerprint density at radius 3 is 2.19 bits per heavy atom. The molecule has 1 fully saturated rings. The summed E-state index contributed by atoms with van der Waals surface area (Å²) >= 11 is 0. The molecule has 1 unspecified atom stereocenters. The molecule has 164 valence electrons. The molecule has 0 aliphatic carbocycles. The van der Waals surface area contributed by atoms with E-state index < -0.39 is 33.7 Å². The van der Waals surface area contributed by atoms with Gasteiger partial charge in [-0.2, -0.15) is 4.31 Å². The summed E-state index contributed by atoms with van der Waals surface area (Å²) in [5.41, 5.74) is 1.86. The van der Waals surface area contributed by atoms with Crippen LogP contribution in [0.3, 0.4) is 0 Å². The molecule has 1 aliphatic heterocycles. The van der Waals surface area contributed by atoms with Crippen LogP contribution in [0.15, 0.2) is 83.8 Å². The quantitative estimate of drug-likeness (QED) is 0.535. The molecule has 3 aromatic rings.